The molecule has 2 aromatic rings. The van der Waals surface area contributed by atoms with Gasteiger partial charge in [0.25, 0.3) is 0 Å². The van der Waals surface area contributed by atoms with Crippen molar-refractivity contribution in [3.8, 4) is 0 Å². The average molecular weight is 513 g/mol. The molecule has 0 spiro atoms. The van der Waals surface area contributed by atoms with E-state index in [1.54, 1.807) is 0 Å². The van der Waals surface area contributed by atoms with Gasteiger partial charge in [-0.3, -0.25) is 4.98 Å². The van der Waals surface area contributed by atoms with E-state index in [0.29, 0.717) is 12.6 Å². The maximum atomic E-state index is 4.89. The number of nitrogens with one attached hydrogen (secondary N) is 1. The molecule has 1 fully saturated rings. The van der Waals surface area contributed by atoms with Gasteiger partial charge < -0.3 is 29.1 Å². The minimum atomic E-state index is 0. The Morgan fingerprint density at radius 1 is 1.19 bits per heavy atom. The number of likely N-dealkylation sites (tertiary alicyclic amines) is 1. The zero-order chi connectivity index (χ0) is 22.1. The molecule has 0 bridgehead atoms. The van der Waals surface area contributed by atoms with Crippen LogP contribution in [-0.4, -0.2) is 45.1 Å². The number of allylic oxidation sites excluding steroid dienone is 1. The maximum Gasteiger partial charge on any atom is 0.204 e. The second-order valence-corrected chi connectivity index (χ2v) is 7.46. The number of piperidine rings is 1. The van der Waals surface area contributed by atoms with Crippen LogP contribution in [0.4, 0.5) is 5.95 Å². The van der Waals surface area contributed by atoms with Gasteiger partial charge >= 0.3 is 0 Å². The topological polar surface area (TPSA) is 46.0 Å². The van der Waals surface area contributed by atoms with Crippen LogP contribution >= 0.6 is 0 Å². The number of hydrogen-bond donors (Lipinski definition) is 1. The molecule has 2 aromatic heterocycles. The van der Waals surface area contributed by atoms with Crippen molar-refractivity contribution < 1.29 is 32.7 Å². The van der Waals surface area contributed by atoms with Crippen molar-refractivity contribution in [3.63, 3.8) is 0 Å². The largest absolute Gasteiger partial charge is 0.358 e. The van der Waals surface area contributed by atoms with Crippen LogP contribution in [0.3, 0.4) is 0 Å². The molecular weight excluding hydrogens is 471 g/mol. The van der Waals surface area contributed by atoms with E-state index in [2.05, 4.69) is 53.4 Å². The molecule has 32 heavy (non-hydrogen) atoms. The third-order valence-corrected chi connectivity index (χ3v) is 5.47. The number of aryl methyl sites for hydroxylation is 2. The van der Waals surface area contributed by atoms with Gasteiger partial charge in [-0.1, -0.05) is 38.6 Å². The molecule has 1 aliphatic heterocycles. The Labute approximate surface area is 221 Å². The molecule has 1 aliphatic rings. The minimum Gasteiger partial charge on any atom is -0.358 e. The summed E-state index contributed by atoms with van der Waals surface area (Å²) in [5.74, 6) is 0.914. The van der Waals surface area contributed by atoms with Crippen LogP contribution in [0.5, 0.6) is 0 Å². The minimum absolute atomic E-state index is 0. The Kier molecular flexibility index (Phi) is 14.9. The summed E-state index contributed by atoms with van der Waals surface area (Å²) in [5, 5.41) is 5.75. The molecule has 0 atom stereocenters. The SMILES string of the molecule is C=C/C=c1\c(=C/C)nc(NC2CCN(C[CH2-])CC2)n1Cc1nc(C)ccc1C.CC.[CH3-].[Y]. The third-order valence-electron chi connectivity index (χ3n) is 5.47. The number of imidazole rings is 1. The predicted molar refractivity (Wildman–Crippen MR) is 135 cm³/mol. The Balaban J connectivity index is 0.00000234. The van der Waals surface area contributed by atoms with Gasteiger partial charge in [0.15, 0.2) is 0 Å². The van der Waals surface area contributed by atoms with Crippen molar-refractivity contribution in [2.75, 3.05) is 25.0 Å². The zero-order valence-electron chi connectivity index (χ0n) is 21.0. The van der Waals surface area contributed by atoms with Crippen LogP contribution < -0.4 is 16.0 Å². The van der Waals surface area contributed by atoms with E-state index >= 15 is 0 Å². The van der Waals surface area contributed by atoms with Crippen molar-refractivity contribution >= 4 is 18.1 Å². The molecule has 3 rings (SSSR count). The van der Waals surface area contributed by atoms with Crippen molar-refractivity contribution in [3.05, 3.63) is 66.8 Å². The summed E-state index contributed by atoms with van der Waals surface area (Å²) in [5.41, 5.74) is 3.31. The summed E-state index contributed by atoms with van der Waals surface area (Å²) < 4.78 is 2.24. The molecule has 6 heteroatoms. The smallest absolute Gasteiger partial charge is 0.204 e. The second kappa shape index (κ2) is 15.5. The average Bonchev–Trinajstić information content (AvgIpc) is 3.09. The molecule has 3 heterocycles. The van der Waals surface area contributed by atoms with Gasteiger partial charge in [0.2, 0.25) is 5.95 Å². The summed E-state index contributed by atoms with van der Waals surface area (Å²) in [7, 11) is 0. The van der Waals surface area contributed by atoms with Gasteiger partial charge in [-0.15, -0.1) is 6.54 Å². The van der Waals surface area contributed by atoms with Gasteiger partial charge in [-0.2, -0.15) is 0 Å². The molecule has 1 radical (unpaired) electrons. The first-order valence-corrected chi connectivity index (χ1v) is 11.1. The van der Waals surface area contributed by atoms with E-state index in [1.807, 2.05) is 39.8 Å². The van der Waals surface area contributed by atoms with E-state index in [0.717, 1.165) is 60.5 Å². The first-order valence-electron chi connectivity index (χ1n) is 11.1. The molecule has 175 valence electrons. The van der Waals surface area contributed by atoms with E-state index < -0.39 is 0 Å². The van der Waals surface area contributed by atoms with Crippen LogP contribution in [0, 0.1) is 28.2 Å². The Morgan fingerprint density at radius 2 is 1.84 bits per heavy atom. The second-order valence-electron chi connectivity index (χ2n) is 7.46. The first-order chi connectivity index (χ1) is 14.5. The van der Waals surface area contributed by atoms with Crippen LogP contribution in [0.15, 0.2) is 24.8 Å². The Morgan fingerprint density at radius 3 is 2.41 bits per heavy atom. The Hall–Kier alpha value is -1.30. The normalized spacial score (nSPS) is 15.3. The van der Waals surface area contributed by atoms with Crippen LogP contribution in [0.2, 0.25) is 0 Å². The summed E-state index contributed by atoms with van der Waals surface area (Å²) in [6.45, 7) is 21.8. The molecule has 0 unspecified atom stereocenters. The van der Waals surface area contributed by atoms with Gasteiger partial charge in [0.05, 0.1) is 22.9 Å². The summed E-state index contributed by atoms with van der Waals surface area (Å²) in [6, 6.07) is 4.63. The molecule has 1 saturated heterocycles. The standard InChI is InChI=1S/C23H32N5.C2H6.CH3.Y/c1-6-9-22-20(7-2)26-23(25-19-12-14-27(8-3)15-13-19)28(22)16-21-17(4)10-11-18(5)24-21;1-2;;/h6-7,9-11,19H,1,3,8,12-16H2,2,4-5H3,(H,25,26);1-2H3;1H3;/q-1;;-1;/b20-7+,22-9+;;;. The molecule has 1 N–H and O–H groups in total. The molecule has 0 saturated carbocycles. The number of anilines is 1. The fraction of sp³-hybridized carbons (Fsp3) is 0.462. The van der Waals surface area contributed by atoms with Crippen molar-refractivity contribution in [2.45, 2.75) is 60.0 Å². The van der Waals surface area contributed by atoms with Gasteiger partial charge in [0.1, 0.15) is 0 Å². The van der Waals surface area contributed by atoms with E-state index in [9.17, 15) is 0 Å². The number of aromatic nitrogens is 3. The summed E-state index contributed by atoms with van der Waals surface area (Å²) in [6.07, 6.45) is 8.13. The van der Waals surface area contributed by atoms with E-state index in [4.69, 9.17) is 9.97 Å². The molecule has 0 aromatic carbocycles. The number of pyridine rings is 1. The van der Waals surface area contributed by atoms with E-state index in [1.165, 1.54) is 5.56 Å². The molecular formula is C26H41N5Y-2. The van der Waals surface area contributed by atoms with Crippen molar-refractivity contribution in [1.82, 2.24) is 19.4 Å². The van der Waals surface area contributed by atoms with Crippen LogP contribution in [-0.2, 0) is 39.3 Å². The fourth-order valence-electron chi connectivity index (χ4n) is 3.73. The van der Waals surface area contributed by atoms with Crippen molar-refractivity contribution in [2.24, 2.45) is 0 Å². The molecule has 0 aliphatic carbocycles. The first kappa shape index (κ1) is 30.7. The molecule has 5 nitrogen and oxygen atoms in total. The third kappa shape index (κ3) is 7.93. The summed E-state index contributed by atoms with van der Waals surface area (Å²) in [4.78, 5) is 12.1. The van der Waals surface area contributed by atoms with Crippen molar-refractivity contribution in [1.29, 1.82) is 0 Å². The quantitative estimate of drug-likeness (QED) is 0.597. The predicted octanol–water partition coefficient (Wildman–Crippen LogP) is 3.89. The monoisotopic (exact) mass is 512 g/mol. The fourth-order valence-corrected chi connectivity index (χ4v) is 3.73. The zero-order valence-corrected chi connectivity index (χ0v) is 23.8. The molecule has 0 amide bonds. The number of rotatable bonds is 6. The Bertz CT molecular complexity index is 940. The van der Waals surface area contributed by atoms with E-state index in [-0.39, 0.29) is 40.1 Å². The van der Waals surface area contributed by atoms with Gasteiger partial charge in [0, 0.05) is 44.4 Å². The van der Waals surface area contributed by atoms with Crippen LogP contribution in [0.25, 0.3) is 12.2 Å². The maximum absolute atomic E-state index is 4.89. The number of hydrogen-bond acceptors (Lipinski definition) is 4. The van der Waals surface area contributed by atoms with Gasteiger partial charge in [-0.05, 0) is 64.4 Å². The van der Waals surface area contributed by atoms with Crippen LogP contribution in [0.1, 0.15) is 50.6 Å². The summed E-state index contributed by atoms with van der Waals surface area (Å²) >= 11 is 0. The number of nitrogens with zero attached hydrogens (tertiary/aromatic N) is 4. The van der Waals surface area contributed by atoms with Gasteiger partial charge in [-0.25, -0.2) is 4.98 Å².